The van der Waals surface area contributed by atoms with Crippen molar-refractivity contribution < 1.29 is 19.1 Å². The van der Waals surface area contributed by atoms with E-state index >= 15 is 0 Å². The molecule has 3 aromatic rings. The van der Waals surface area contributed by atoms with Crippen molar-refractivity contribution in [2.24, 2.45) is 0 Å². The number of hydrogen-bond acceptors (Lipinski definition) is 4. The molecule has 2 N–H and O–H groups in total. The highest BCUT2D eigenvalue weighted by Gasteiger charge is 2.54. The first kappa shape index (κ1) is 20.8. The topological polar surface area (TPSA) is 87.7 Å². The van der Waals surface area contributed by atoms with Gasteiger partial charge in [0, 0.05) is 0 Å². The minimum absolute atomic E-state index is 0.381. The predicted molar refractivity (Wildman–Crippen MR) is 123 cm³/mol. The highest BCUT2D eigenvalue weighted by Crippen LogP contribution is 2.40. The number of anilines is 1. The van der Waals surface area contributed by atoms with Gasteiger partial charge >= 0.3 is 6.03 Å². The molecule has 4 amide bonds. The van der Waals surface area contributed by atoms with Crippen molar-refractivity contribution in [1.82, 2.24) is 10.2 Å². The Labute approximate surface area is 191 Å². The average Bonchev–Trinajstić information content (AvgIpc) is 3.06. The zero-order valence-corrected chi connectivity index (χ0v) is 17.9. The molecular formula is C26H23N3O4. The molecule has 1 unspecified atom stereocenters. The molecule has 0 saturated carbocycles. The third-order valence-corrected chi connectivity index (χ3v) is 6.08. The lowest BCUT2D eigenvalue weighted by atomic mass is 9.76. The van der Waals surface area contributed by atoms with Crippen LogP contribution < -0.4 is 15.4 Å². The summed E-state index contributed by atoms with van der Waals surface area (Å²) >= 11 is 0. The number of hydrogen-bond donors (Lipinski definition) is 2. The Hall–Kier alpha value is -4.13. The molecule has 2 aliphatic rings. The number of rotatable bonds is 5. The second kappa shape index (κ2) is 8.43. The molecule has 166 valence electrons. The van der Waals surface area contributed by atoms with Gasteiger partial charge in [-0.1, -0.05) is 54.6 Å². The fraction of sp³-hybridized carbons (Fsp3) is 0.192. The molecule has 33 heavy (non-hydrogen) atoms. The number of para-hydroxylation sites is 3. The molecule has 1 fully saturated rings. The first-order chi connectivity index (χ1) is 16.1. The summed E-state index contributed by atoms with van der Waals surface area (Å²) in [5.74, 6) is 0.227. The Bertz CT molecular complexity index is 1230. The zero-order valence-electron chi connectivity index (χ0n) is 17.9. The largest absolute Gasteiger partial charge is 0.455 e. The smallest absolute Gasteiger partial charge is 0.325 e. The van der Waals surface area contributed by atoms with Crippen LogP contribution in [0.25, 0.3) is 0 Å². The maximum absolute atomic E-state index is 13.4. The van der Waals surface area contributed by atoms with Gasteiger partial charge in [0.15, 0.2) is 5.75 Å². The van der Waals surface area contributed by atoms with E-state index in [1.165, 1.54) is 0 Å². The van der Waals surface area contributed by atoms with E-state index in [-0.39, 0.29) is 12.5 Å². The van der Waals surface area contributed by atoms with Gasteiger partial charge in [-0.3, -0.25) is 14.5 Å². The number of amides is 4. The third-order valence-electron chi connectivity index (χ3n) is 6.08. The van der Waals surface area contributed by atoms with Crippen molar-refractivity contribution in [2.75, 3.05) is 11.9 Å². The van der Waals surface area contributed by atoms with Gasteiger partial charge in [-0.2, -0.15) is 0 Å². The molecule has 0 aromatic heterocycles. The van der Waals surface area contributed by atoms with Gasteiger partial charge in [0.1, 0.15) is 17.8 Å². The highest BCUT2D eigenvalue weighted by molar-refractivity contribution is 6.10. The van der Waals surface area contributed by atoms with Gasteiger partial charge in [0.25, 0.3) is 5.91 Å². The predicted octanol–water partition coefficient (Wildman–Crippen LogP) is 4.20. The van der Waals surface area contributed by atoms with Crippen LogP contribution in [0.5, 0.6) is 11.5 Å². The number of fused-ring (bicyclic) bond motifs is 2. The number of urea groups is 1. The quantitative estimate of drug-likeness (QED) is 0.581. The number of benzene rings is 3. The molecule has 1 atom stereocenters. The van der Waals surface area contributed by atoms with Gasteiger partial charge in [0.05, 0.1) is 5.69 Å². The SMILES string of the molecule is O=C(CN1C(=O)NC2(CCCc3ccccc32)C1=O)Nc1ccccc1Oc1ccccc1. The van der Waals surface area contributed by atoms with Gasteiger partial charge in [0.2, 0.25) is 5.91 Å². The van der Waals surface area contributed by atoms with Gasteiger partial charge in [-0.25, -0.2) is 4.79 Å². The van der Waals surface area contributed by atoms with E-state index in [1.54, 1.807) is 24.3 Å². The summed E-state index contributed by atoms with van der Waals surface area (Å²) in [6, 6.07) is 23.3. The second-order valence-electron chi connectivity index (χ2n) is 8.20. The van der Waals surface area contributed by atoms with E-state index in [0.29, 0.717) is 23.6 Å². The van der Waals surface area contributed by atoms with Crippen molar-refractivity contribution in [2.45, 2.75) is 24.8 Å². The molecular weight excluding hydrogens is 418 g/mol. The Balaban J connectivity index is 1.33. The lowest BCUT2D eigenvalue weighted by Gasteiger charge is -2.33. The van der Waals surface area contributed by atoms with Crippen molar-refractivity contribution in [3.05, 3.63) is 90.0 Å². The molecule has 7 heteroatoms. The van der Waals surface area contributed by atoms with Gasteiger partial charge in [-0.15, -0.1) is 0 Å². The van der Waals surface area contributed by atoms with E-state index in [9.17, 15) is 14.4 Å². The van der Waals surface area contributed by atoms with E-state index in [1.807, 2.05) is 54.6 Å². The number of nitrogens with zero attached hydrogens (tertiary/aromatic N) is 1. The first-order valence-corrected chi connectivity index (χ1v) is 10.9. The van der Waals surface area contributed by atoms with E-state index in [0.717, 1.165) is 28.9 Å². The summed E-state index contributed by atoms with van der Waals surface area (Å²) in [5, 5.41) is 5.64. The van der Waals surface area contributed by atoms with Crippen LogP contribution >= 0.6 is 0 Å². The molecule has 7 nitrogen and oxygen atoms in total. The number of carbonyl (C=O) groups excluding carboxylic acids is 3. The van der Waals surface area contributed by atoms with E-state index in [4.69, 9.17) is 4.74 Å². The molecule has 1 spiro atoms. The minimum Gasteiger partial charge on any atom is -0.455 e. The van der Waals surface area contributed by atoms with Crippen molar-refractivity contribution in [3.8, 4) is 11.5 Å². The number of imide groups is 1. The molecule has 1 aliphatic carbocycles. The van der Waals surface area contributed by atoms with Crippen LogP contribution in [0.1, 0.15) is 24.0 Å². The molecule has 5 rings (SSSR count). The maximum atomic E-state index is 13.4. The Morgan fingerprint density at radius 3 is 2.55 bits per heavy atom. The highest BCUT2D eigenvalue weighted by atomic mass is 16.5. The van der Waals surface area contributed by atoms with Crippen LogP contribution in [-0.2, 0) is 21.5 Å². The summed E-state index contributed by atoms with van der Waals surface area (Å²) < 4.78 is 5.88. The van der Waals surface area contributed by atoms with Crippen LogP contribution in [0, 0.1) is 0 Å². The van der Waals surface area contributed by atoms with E-state index < -0.39 is 17.5 Å². The molecule has 0 bridgehead atoms. The standard InChI is InChI=1S/C26H23N3O4/c30-23(27-21-14-6-7-15-22(21)33-19-11-2-1-3-12-19)17-29-24(31)26(28-25(29)32)16-8-10-18-9-4-5-13-20(18)26/h1-7,9,11-15H,8,10,16-17H2,(H,27,30)(H,28,32). The van der Waals surface area contributed by atoms with Gasteiger partial charge in [-0.05, 0) is 54.7 Å². The molecule has 1 saturated heterocycles. The summed E-state index contributed by atoms with van der Waals surface area (Å²) in [6.07, 6.45) is 2.16. The Morgan fingerprint density at radius 2 is 1.70 bits per heavy atom. The summed E-state index contributed by atoms with van der Waals surface area (Å²) in [6.45, 7) is -0.381. The lowest BCUT2D eigenvalue weighted by Crippen LogP contribution is -2.47. The van der Waals surface area contributed by atoms with Crippen molar-refractivity contribution in [3.63, 3.8) is 0 Å². The van der Waals surface area contributed by atoms with Crippen LogP contribution in [0.2, 0.25) is 0 Å². The summed E-state index contributed by atoms with van der Waals surface area (Å²) in [5.41, 5.74) is 1.23. The Kier molecular flexibility index (Phi) is 5.30. The van der Waals surface area contributed by atoms with Crippen molar-refractivity contribution in [1.29, 1.82) is 0 Å². The van der Waals surface area contributed by atoms with Crippen molar-refractivity contribution >= 4 is 23.5 Å². The van der Waals surface area contributed by atoms with E-state index in [2.05, 4.69) is 10.6 Å². The van der Waals surface area contributed by atoms with Crippen LogP contribution in [-0.4, -0.2) is 29.3 Å². The lowest BCUT2D eigenvalue weighted by molar-refractivity contribution is -0.134. The average molecular weight is 441 g/mol. The zero-order chi connectivity index (χ0) is 22.8. The van der Waals surface area contributed by atoms with Gasteiger partial charge < -0.3 is 15.4 Å². The maximum Gasteiger partial charge on any atom is 0.325 e. The summed E-state index contributed by atoms with van der Waals surface area (Å²) in [4.78, 5) is 40.0. The van der Waals surface area contributed by atoms with Crippen LogP contribution in [0.4, 0.5) is 10.5 Å². The summed E-state index contributed by atoms with van der Waals surface area (Å²) in [7, 11) is 0. The molecule has 0 radical (unpaired) electrons. The molecule has 1 heterocycles. The number of nitrogens with one attached hydrogen (secondary N) is 2. The number of aryl methyl sites for hydroxylation is 1. The fourth-order valence-corrected chi connectivity index (χ4v) is 4.56. The molecule has 3 aromatic carbocycles. The normalized spacial score (nSPS) is 19.2. The van der Waals surface area contributed by atoms with Crippen LogP contribution in [0.3, 0.4) is 0 Å². The number of ether oxygens (including phenoxy) is 1. The minimum atomic E-state index is -1.10. The Morgan fingerprint density at radius 1 is 0.970 bits per heavy atom. The first-order valence-electron chi connectivity index (χ1n) is 10.9. The molecule has 1 aliphatic heterocycles. The monoisotopic (exact) mass is 441 g/mol. The third kappa shape index (κ3) is 3.82. The number of carbonyl (C=O) groups is 3. The fourth-order valence-electron chi connectivity index (χ4n) is 4.56. The van der Waals surface area contributed by atoms with Crippen LogP contribution in [0.15, 0.2) is 78.9 Å². The second-order valence-corrected chi connectivity index (χ2v) is 8.20.